The van der Waals surface area contributed by atoms with Gasteiger partial charge in [0.1, 0.15) is 16.8 Å². The van der Waals surface area contributed by atoms with Crippen LogP contribution in [0.4, 0.5) is 10.1 Å². The third-order valence-corrected chi connectivity index (χ3v) is 9.35. The molecule has 7 rings (SSSR count). The molecule has 11 heteroatoms. The van der Waals surface area contributed by atoms with Gasteiger partial charge in [-0.05, 0) is 50.5 Å². The van der Waals surface area contributed by atoms with Gasteiger partial charge in [0.2, 0.25) is 5.43 Å². The molecule has 2 saturated heterocycles. The van der Waals surface area contributed by atoms with E-state index in [0.717, 1.165) is 89.2 Å². The first-order valence-electron chi connectivity index (χ1n) is 16.3. The van der Waals surface area contributed by atoms with E-state index in [1.807, 2.05) is 41.0 Å². The Labute approximate surface area is 267 Å². The van der Waals surface area contributed by atoms with Crippen molar-refractivity contribution >= 4 is 33.3 Å². The minimum atomic E-state index is -0.592. The maximum Gasteiger partial charge on any atom is 0.256 e. The highest BCUT2D eigenvalue weighted by Gasteiger charge is 2.29. The van der Waals surface area contributed by atoms with Crippen LogP contribution in [0.1, 0.15) is 23.2 Å². The van der Waals surface area contributed by atoms with Crippen molar-refractivity contribution < 1.29 is 18.7 Å². The summed E-state index contributed by atoms with van der Waals surface area (Å²) in [4.78, 5) is 34.3. The summed E-state index contributed by atoms with van der Waals surface area (Å²) in [6, 6.07) is 13.0. The van der Waals surface area contributed by atoms with Gasteiger partial charge in [0.25, 0.3) is 5.91 Å². The van der Waals surface area contributed by atoms with Crippen LogP contribution in [0.3, 0.4) is 0 Å². The summed E-state index contributed by atoms with van der Waals surface area (Å²) in [5.41, 5.74) is 0.795. The number of aromatic nitrogens is 1. The van der Waals surface area contributed by atoms with Crippen LogP contribution in [0.15, 0.2) is 53.5 Å². The van der Waals surface area contributed by atoms with Crippen LogP contribution < -0.4 is 20.8 Å². The van der Waals surface area contributed by atoms with Crippen molar-refractivity contribution in [2.75, 3.05) is 91.0 Å². The molecule has 3 aliphatic rings. The molecule has 2 fully saturated rings. The van der Waals surface area contributed by atoms with Gasteiger partial charge in [0.05, 0.1) is 24.3 Å². The minimum absolute atomic E-state index is 0.0234. The molecule has 3 aliphatic heterocycles. The summed E-state index contributed by atoms with van der Waals surface area (Å²) in [6.07, 6.45) is 3.16. The smallest absolute Gasteiger partial charge is 0.256 e. The van der Waals surface area contributed by atoms with Crippen molar-refractivity contribution in [3.63, 3.8) is 0 Å². The molecule has 0 radical (unpaired) electrons. The molecule has 0 atom stereocenters. The molecule has 46 heavy (non-hydrogen) atoms. The van der Waals surface area contributed by atoms with Crippen LogP contribution in [0, 0.1) is 5.82 Å². The van der Waals surface area contributed by atoms with E-state index < -0.39 is 17.2 Å². The lowest BCUT2D eigenvalue weighted by Gasteiger charge is -2.32. The number of nitrogens with zero attached hydrogens (tertiary/aromatic N) is 4. The van der Waals surface area contributed by atoms with Crippen molar-refractivity contribution in [2.24, 2.45) is 0 Å². The van der Waals surface area contributed by atoms with E-state index in [1.54, 1.807) is 6.20 Å². The number of anilines is 1. The maximum absolute atomic E-state index is 15.9. The fraction of sp³-hybridized carbons (Fsp3) is 0.429. The Balaban J connectivity index is 1.19. The highest BCUT2D eigenvalue weighted by Crippen LogP contribution is 2.47. The summed E-state index contributed by atoms with van der Waals surface area (Å²) in [6.45, 7) is 10.0. The third kappa shape index (κ3) is 6.07. The number of carbonyl (C=O) groups excluding carboxylic acids is 1. The molecule has 0 aliphatic carbocycles. The number of halogens is 1. The standard InChI is InChI=1S/C35H41FN6O4/c1-39-14-16-40(17-15-39)12-5-11-38-35(44)27-23-42-29-9-8-24-6-2-3-7-25(24)33(29)46-34-30(28(36)22-26(31(34)42)32(27)43)37-10-4-13-41-18-20-45-21-19-41/h2-3,6-9,22-23,37H,4-5,10-21H2,1H3,(H,38,44). The second-order valence-corrected chi connectivity index (χ2v) is 12.4. The van der Waals surface area contributed by atoms with Crippen molar-refractivity contribution in [2.45, 2.75) is 12.8 Å². The van der Waals surface area contributed by atoms with Gasteiger partial charge in [-0.15, -0.1) is 0 Å². The molecule has 10 nitrogen and oxygen atoms in total. The predicted molar refractivity (Wildman–Crippen MR) is 178 cm³/mol. The first-order chi connectivity index (χ1) is 22.5. The van der Waals surface area contributed by atoms with E-state index in [-0.39, 0.29) is 22.4 Å². The highest BCUT2D eigenvalue weighted by molar-refractivity contribution is 6.03. The number of nitrogens with one attached hydrogen (secondary N) is 2. The summed E-state index contributed by atoms with van der Waals surface area (Å²) < 4.78 is 29.7. The van der Waals surface area contributed by atoms with Crippen molar-refractivity contribution in [1.82, 2.24) is 24.6 Å². The molecule has 0 bridgehead atoms. The minimum Gasteiger partial charge on any atom is -0.450 e. The zero-order valence-corrected chi connectivity index (χ0v) is 26.3. The van der Waals surface area contributed by atoms with Crippen LogP contribution in [0.5, 0.6) is 11.5 Å². The fourth-order valence-corrected chi connectivity index (χ4v) is 6.68. The monoisotopic (exact) mass is 628 g/mol. The Morgan fingerprint density at radius 3 is 2.43 bits per heavy atom. The van der Waals surface area contributed by atoms with Crippen LogP contribution in [-0.4, -0.2) is 111 Å². The molecular weight excluding hydrogens is 587 g/mol. The summed E-state index contributed by atoms with van der Waals surface area (Å²) >= 11 is 0. The number of benzene rings is 3. The summed E-state index contributed by atoms with van der Waals surface area (Å²) in [5.74, 6) is -0.251. The number of morpholine rings is 1. The number of pyridine rings is 1. The van der Waals surface area contributed by atoms with E-state index in [1.165, 1.54) is 6.07 Å². The van der Waals surface area contributed by atoms with Crippen LogP contribution >= 0.6 is 0 Å². The number of amides is 1. The highest BCUT2D eigenvalue weighted by atomic mass is 19.1. The topological polar surface area (TPSA) is 91.3 Å². The Morgan fingerprint density at radius 2 is 1.63 bits per heavy atom. The normalized spacial score (nSPS) is 17.2. The van der Waals surface area contributed by atoms with Crippen LogP contribution in [0.25, 0.3) is 27.4 Å². The quantitative estimate of drug-likeness (QED) is 0.225. The van der Waals surface area contributed by atoms with E-state index in [2.05, 4.69) is 32.4 Å². The number of ether oxygens (including phenoxy) is 2. The van der Waals surface area contributed by atoms with E-state index in [9.17, 15) is 9.59 Å². The fourth-order valence-electron chi connectivity index (χ4n) is 6.68. The Morgan fingerprint density at radius 1 is 0.891 bits per heavy atom. The lowest BCUT2D eigenvalue weighted by atomic mass is 10.0. The zero-order chi connectivity index (χ0) is 31.6. The first kappa shape index (κ1) is 30.6. The maximum atomic E-state index is 15.9. The molecule has 1 amide bonds. The van der Waals surface area contributed by atoms with Crippen LogP contribution in [0.2, 0.25) is 0 Å². The van der Waals surface area contributed by atoms with Crippen molar-refractivity contribution in [1.29, 1.82) is 0 Å². The summed E-state index contributed by atoms with van der Waals surface area (Å²) in [7, 11) is 2.12. The molecular formula is C35H41FN6O4. The van der Waals surface area contributed by atoms with Gasteiger partial charge in [-0.1, -0.05) is 30.3 Å². The van der Waals surface area contributed by atoms with Gasteiger partial charge in [-0.2, -0.15) is 0 Å². The van der Waals surface area contributed by atoms with Gasteiger partial charge in [0.15, 0.2) is 17.3 Å². The Bertz CT molecular complexity index is 1810. The van der Waals surface area contributed by atoms with Gasteiger partial charge in [-0.3, -0.25) is 14.5 Å². The van der Waals surface area contributed by atoms with E-state index >= 15 is 4.39 Å². The zero-order valence-electron chi connectivity index (χ0n) is 26.3. The average molecular weight is 629 g/mol. The lowest BCUT2D eigenvalue weighted by molar-refractivity contribution is 0.0378. The van der Waals surface area contributed by atoms with Crippen LogP contribution in [-0.2, 0) is 4.74 Å². The van der Waals surface area contributed by atoms with Crippen molar-refractivity contribution in [3.05, 3.63) is 70.3 Å². The number of hydrogen-bond acceptors (Lipinski definition) is 8. The number of carbonyl (C=O) groups is 1. The van der Waals surface area contributed by atoms with E-state index in [4.69, 9.17) is 9.47 Å². The Hall–Kier alpha value is -4.03. The van der Waals surface area contributed by atoms with Gasteiger partial charge >= 0.3 is 0 Å². The summed E-state index contributed by atoms with van der Waals surface area (Å²) in [5, 5.41) is 8.14. The first-order valence-corrected chi connectivity index (χ1v) is 16.3. The van der Waals surface area contributed by atoms with Gasteiger partial charge in [0, 0.05) is 63.9 Å². The largest absolute Gasteiger partial charge is 0.450 e. The van der Waals surface area contributed by atoms with Crippen molar-refractivity contribution in [3.8, 4) is 17.2 Å². The molecule has 0 saturated carbocycles. The van der Waals surface area contributed by atoms with Gasteiger partial charge in [-0.25, -0.2) is 4.39 Å². The molecule has 0 spiro atoms. The van der Waals surface area contributed by atoms with Gasteiger partial charge < -0.3 is 34.5 Å². The second kappa shape index (κ2) is 13.4. The van der Waals surface area contributed by atoms with E-state index in [0.29, 0.717) is 30.0 Å². The molecule has 3 aromatic carbocycles. The molecule has 0 unspecified atom stereocenters. The second-order valence-electron chi connectivity index (χ2n) is 12.4. The molecule has 1 aromatic heterocycles. The number of piperazine rings is 1. The number of likely N-dealkylation sites (N-methyl/N-ethyl adjacent to an activating group) is 1. The number of rotatable bonds is 10. The lowest BCUT2D eigenvalue weighted by Crippen LogP contribution is -2.45. The average Bonchev–Trinajstić information content (AvgIpc) is 3.08. The molecule has 4 aromatic rings. The SMILES string of the molecule is CN1CCN(CCCNC(=O)c2cn3c4c(c(NCCCN5CCOCC5)c(F)cc4c2=O)Oc2c-3ccc3ccccc23)CC1. The predicted octanol–water partition coefficient (Wildman–Crippen LogP) is 3.89. The third-order valence-electron chi connectivity index (χ3n) is 9.35. The molecule has 4 heterocycles. The number of hydrogen-bond donors (Lipinski definition) is 2. The molecule has 2 N–H and O–H groups in total. The molecule has 242 valence electrons. The Kier molecular flexibility index (Phi) is 8.90. The number of fused-ring (bicyclic) bond motifs is 4.